The number of carbonyl (C=O) groups is 1. The highest BCUT2D eigenvalue weighted by Gasteiger charge is 2.13. The molecule has 0 aliphatic carbocycles. The Hall–Kier alpha value is -3.47. The maximum absolute atomic E-state index is 11.8. The molecule has 1 unspecified atom stereocenters. The fraction of sp³-hybridized carbons (Fsp3) is 0.0769. The van der Waals surface area contributed by atoms with Crippen LogP contribution in [-0.4, -0.2) is 23.2 Å². The summed E-state index contributed by atoms with van der Waals surface area (Å²) in [7, 11) is 1.33. The molecule has 0 aliphatic heterocycles. The quantitative estimate of drug-likeness (QED) is 0.399. The number of ether oxygens (including phenoxy) is 1. The molecule has 154 valence electrons. The molecule has 1 aromatic heterocycles. The molecular weight excluding hydrogens is 410 g/mol. The summed E-state index contributed by atoms with van der Waals surface area (Å²) >= 11 is 6.07. The number of aromatic nitrogens is 1. The highest BCUT2D eigenvalue weighted by atomic mass is 35.5. The zero-order chi connectivity index (χ0) is 21.8. The third kappa shape index (κ3) is 4.82. The molecule has 0 amide bonds. The molecule has 4 rings (SSSR count). The molecule has 4 nitrogen and oxygen atoms in total. The molecule has 31 heavy (non-hydrogen) atoms. The minimum Gasteiger partial charge on any atom is -0.465 e. The van der Waals surface area contributed by atoms with Gasteiger partial charge in [-0.15, -0.1) is 0 Å². The maximum atomic E-state index is 11.8. The Balaban J connectivity index is 1.58. The van der Waals surface area contributed by atoms with Crippen molar-refractivity contribution in [1.29, 1.82) is 0 Å². The van der Waals surface area contributed by atoms with Crippen molar-refractivity contribution in [2.45, 2.75) is 6.10 Å². The Kier molecular flexibility index (Phi) is 6.12. The van der Waals surface area contributed by atoms with Crippen molar-refractivity contribution in [3.05, 3.63) is 112 Å². The van der Waals surface area contributed by atoms with E-state index in [0.29, 0.717) is 16.1 Å². The van der Waals surface area contributed by atoms with E-state index in [-0.39, 0.29) is 0 Å². The number of benzene rings is 3. The van der Waals surface area contributed by atoms with Gasteiger partial charge in [-0.05, 0) is 59.2 Å². The van der Waals surface area contributed by atoms with Gasteiger partial charge in [-0.1, -0.05) is 60.1 Å². The Bertz CT molecular complexity index is 1280. The topological polar surface area (TPSA) is 59.4 Å². The number of esters is 1. The fourth-order valence-electron chi connectivity index (χ4n) is 3.36. The van der Waals surface area contributed by atoms with Crippen molar-refractivity contribution in [3.63, 3.8) is 0 Å². The van der Waals surface area contributed by atoms with E-state index in [9.17, 15) is 9.90 Å². The normalized spacial score (nSPS) is 12.2. The van der Waals surface area contributed by atoms with Crippen LogP contribution in [0, 0.1) is 0 Å². The molecule has 0 saturated carbocycles. The molecule has 5 heteroatoms. The summed E-state index contributed by atoms with van der Waals surface area (Å²) in [5.74, 6) is -0.435. The first-order chi connectivity index (χ1) is 15.0. The standard InChI is InChI=1S/C26H20ClNO3/c1-31-26(30)21-7-3-6-20(15-21)25(29)19-5-2-4-17(14-19)8-12-23-13-10-18-9-11-22(27)16-24(18)28-23/h2-16,25,29H,1H3. The number of hydrogen-bond donors (Lipinski definition) is 1. The summed E-state index contributed by atoms with van der Waals surface area (Å²) in [5, 5.41) is 12.5. The van der Waals surface area contributed by atoms with E-state index in [1.54, 1.807) is 24.3 Å². The van der Waals surface area contributed by atoms with Gasteiger partial charge in [0.15, 0.2) is 0 Å². The van der Waals surface area contributed by atoms with Crippen LogP contribution < -0.4 is 0 Å². The van der Waals surface area contributed by atoms with Gasteiger partial charge in [0.05, 0.1) is 23.9 Å². The molecule has 0 spiro atoms. The molecular formula is C26H20ClNO3. The smallest absolute Gasteiger partial charge is 0.337 e. The second-order valence-corrected chi connectivity index (χ2v) is 7.53. The van der Waals surface area contributed by atoms with Crippen LogP contribution in [0.25, 0.3) is 23.1 Å². The average Bonchev–Trinajstić information content (AvgIpc) is 2.81. The van der Waals surface area contributed by atoms with E-state index in [1.807, 2.05) is 66.7 Å². The Morgan fingerprint density at radius 1 is 0.968 bits per heavy atom. The van der Waals surface area contributed by atoms with Gasteiger partial charge >= 0.3 is 5.97 Å². The fourth-order valence-corrected chi connectivity index (χ4v) is 3.53. The molecule has 3 aromatic carbocycles. The number of rotatable bonds is 5. The van der Waals surface area contributed by atoms with Crippen LogP contribution in [-0.2, 0) is 4.74 Å². The van der Waals surface area contributed by atoms with Gasteiger partial charge < -0.3 is 9.84 Å². The predicted molar refractivity (Wildman–Crippen MR) is 124 cm³/mol. The van der Waals surface area contributed by atoms with Crippen LogP contribution in [0.5, 0.6) is 0 Å². The van der Waals surface area contributed by atoms with Crippen LogP contribution in [0.15, 0.2) is 78.9 Å². The monoisotopic (exact) mass is 429 g/mol. The van der Waals surface area contributed by atoms with Gasteiger partial charge in [0, 0.05) is 10.4 Å². The highest BCUT2D eigenvalue weighted by molar-refractivity contribution is 6.31. The molecule has 1 N–H and O–H groups in total. The van der Waals surface area contributed by atoms with Gasteiger partial charge in [-0.3, -0.25) is 0 Å². The zero-order valence-electron chi connectivity index (χ0n) is 16.8. The number of nitrogens with zero attached hydrogens (tertiary/aromatic N) is 1. The van der Waals surface area contributed by atoms with Crippen molar-refractivity contribution in [3.8, 4) is 0 Å². The van der Waals surface area contributed by atoms with E-state index in [1.165, 1.54) is 7.11 Å². The minimum atomic E-state index is -0.862. The molecule has 1 heterocycles. The van der Waals surface area contributed by atoms with E-state index in [4.69, 9.17) is 16.3 Å². The number of aliphatic hydroxyl groups is 1. The largest absolute Gasteiger partial charge is 0.465 e. The first kappa shape index (κ1) is 20.8. The first-order valence-corrected chi connectivity index (χ1v) is 10.1. The zero-order valence-corrected chi connectivity index (χ0v) is 17.6. The molecule has 0 bridgehead atoms. The van der Waals surface area contributed by atoms with Crippen LogP contribution in [0.3, 0.4) is 0 Å². The lowest BCUT2D eigenvalue weighted by molar-refractivity contribution is 0.0600. The number of fused-ring (bicyclic) bond motifs is 1. The van der Waals surface area contributed by atoms with E-state index in [2.05, 4.69) is 4.98 Å². The SMILES string of the molecule is COC(=O)c1cccc(C(O)c2cccc(C=Cc3ccc4ccc(Cl)cc4n3)c2)c1. The van der Waals surface area contributed by atoms with Crippen LogP contribution in [0.2, 0.25) is 5.02 Å². The van der Waals surface area contributed by atoms with Crippen molar-refractivity contribution < 1.29 is 14.6 Å². The van der Waals surface area contributed by atoms with Crippen molar-refractivity contribution in [1.82, 2.24) is 4.98 Å². The second kappa shape index (κ2) is 9.13. The second-order valence-electron chi connectivity index (χ2n) is 7.10. The third-order valence-electron chi connectivity index (χ3n) is 4.97. The van der Waals surface area contributed by atoms with E-state index in [0.717, 1.165) is 27.7 Å². The van der Waals surface area contributed by atoms with Gasteiger partial charge in [0.2, 0.25) is 0 Å². The molecule has 1 atom stereocenters. The lowest BCUT2D eigenvalue weighted by atomic mass is 9.98. The summed E-state index contributed by atoms with van der Waals surface area (Å²) < 4.78 is 4.76. The van der Waals surface area contributed by atoms with Crippen LogP contribution in [0.1, 0.15) is 38.8 Å². The van der Waals surface area contributed by atoms with Gasteiger partial charge in [0.25, 0.3) is 0 Å². The van der Waals surface area contributed by atoms with Crippen molar-refractivity contribution in [2.24, 2.45) is 0 Å². The van der Waals surface area contributed by atoms with Gasteiger partial charge in [-0.2, -0.15) is 0 Å². The lowest BCUT2D eigenvalue weighted by Gasteiger charge is -2.13. The Morgan fingerprint density at radius 2 is 1.71 bits per heavy atom. The van der Waals surface area contributed by atoms with Crippen molar-refractivity contribution >= 4 is 40.6 Å². The minimum absolute atomic E-state index is 0.401. The number of hydrogen-bond acceptors (Lipinski definition) is 4. The number of aliphatic hydroxyl groups excluding tert-OH is 1. The van der Waals surface area contributed by atoms with E-state index >= 15 is 0 Å². The molecule has 0 saturated heterocycles. The lowest BCUT2D eigenvalue weighted by Crippen LogP contribution is -2.05. The number of carbonyl (C=O) groups excluding carboxylic acids is 1. The first-order valence-electron chi connectivity index (χ1n) is 9.74. The summed E-state index contributed by atoms with van der Waals surface area (Å²) in [6, 6.07) is 24.0. The summed E-state index contributed by atoms with van der Waals surface area (Å²) in [5.41, 5.74) is 4.32. The Labute approximate surface area is 185 Å². The van der Waals surface area contributed by atoms with Crippen LogP contribution >= 0.6 is 11.6 Å². The van der Waals surface area contributed by atoms with Gasteiger partial charge in [-0.25, -0.2) is 9.78 Å². The van der Waals surface area contributed by atoms with Gasteiger partial charge in [0.1, 0.15) is 6.10 Å². The molecule has 4 aromatic rings. The summed E-state index contributed by atoms with van der Waals surface area (Å²) in [6.45, 7) is 0. The maximum Gasteiger partial charge on any atom is 0.337 e. The Morgan fingerprint density at radius 3 is 2.52 bits per heavy atom. The molecule has 0 fully saturated rings. The molecule has 0 radical (unpaired) electrons. The summed E-state index contributed by atoms with van der Waals surface area (Å²) in [6.07, 6.45) is 3.00. The summed E-state index contributed by atoms with van der Waals surface area (Å²) in [4.78, 5) is 16.4. The number of pyridine rings is 1. The van der Waals surface area contributed by atoms with Crippen molar-refractivity contribution in [2.75, 3.05) is 7.11 Å². The average molecular weight is 430 g/mol. The van der Waals surface area contributed by atoms with Crippen LogP contribution in [0.4, 0.5) is 0 Å². The third-order valence-corrected chi connectivity index (χ3v) is 5.21. The number of methoxy groups -OCH3 is 1. The predicted octanol–water partition coefficient (Wildman–Crippen LogP) is 5.93. The van der Waals surface area contributed by atoms with E-state index < -0.39 is 12.1 Å². The molecule has 0 aliphatic rings. The number of halogens is 1. The highest BCUT2D eigenvalue weighted by Crippen LogP contribution is 2.25.